The van der Waals surface area contributed by atoms with E-state index in [0.29, 0.717) is 29.4 Å². The zero-order chi connectivity index (χ0) is 29.3. The van der Waals surface area contributed by atoms with Crippen molar-refractivity contribution in [1.29, 1.82) is 5.26 Å². The van der Waals surface area contributed by atoms with Crippen molar-refractivity contribution < 1.29 is 36.3 Å². The lowest BCUT2D eigenvalue weighted by atomic mass is 9.74. The summed E-state index contributed by atoms with van der Waals surface area (Å²) >= 11 is 0. The first-order chi connectivity index (χ1) is 19.3. The van der Waals surface area contributed by atoms with Crippen LogP contribution in [0.4, 0.5) is 8.78 Å². The molecule has 8 nitrogen and oxygen atoms in total. The molecule has 1 aromatic heterocycles. The molecule has 6 rings (SSSR count). The van der Waals surface area contributed by atoms with Gasteiger partial charge in [0, 0.05) is 24.6 Å². The SMILES string of the molecule is N#CC1(CC(=O)C2(NC(=O)c3cc4ccc(-c5ccc(C6(O)CS(=O)(=O)C6)cc5)cc4o3)CCC(F)(F)CC2)CC1. The van der Waals surface area contributed by atoms with Gasteiger partial charge in [0.25, 0.3) is 5.91 Å². The third-order valence-corrected chi connectivity index (χ3v) is 10.6. The van der Waals surface area contributed by atoms with Gasteiger partial charge in [-0.2, -0.15) is 5.26 Å². The Labute approximate surface area is 235 Å². The monoisotopic (exact) mass is 582 g/mol. The highest BCUT2D eigenvalue weighted by Gasteiger charge is 2.53. The molecule has 2 aromatic carbocycles. The maximum Gasteiger partial charge on any atom is 0.287 e. The van der Waals surface area contributed by atoms with E-state index >= 15 is 0 Å². The third kappa shape index (κ3) is 5.15. The number of aliphatic hydroxyl groups is 1. The van der Waals surface area contributed by atoms with Crippen LogP contribution < -0.4 is 5.32 Å². The minimum absolute atomic E-state index is 0.0631. The largest absolute Gasteiger partial charge is 0.451 e. The molecular formula is C30H28F2N2O6S. The van der Waals surface area contributed by atoms with Crippen LogP contribution in [0.2, 0.25) is 0 Å². The average molecular weight is 583 g/mol. The van der Waals surface area contributed by atoms with E-state index in [4.69, 9.17) is 4.42 Å². The number of rotatable bonds is 7. The summed E-state index contributed by atoms with van der Waals surface area (Å²) < 4.78 is 56.9. The van der Waals surface area contributed by atoms with Crippen LogP contribution in [0.1, 0.15) is 61.1 Å². The lowest BCUT2D eigenvalue weighted by molar-refractivity contribution is -0.131. The van der Waals surface area contributed by atoms with Crippen LogP contribution in [0, 0.1) is 16.7 Å². The molecule has 0 atom stereocenters. The quantitative estimate of drug-likeness (QED) is 0.413. The molecule has 41 heavy (non-hydrogen) atoms. The number of nitriles is 1. The van der Waals surface area contributed by atoms with E-state index in [2.05, 4.69) is 11.4 Å². The molecule has 1 aliphatic heterocycles. The molecule has 0 radical (unpaired) electrons. The van der Waals surface area contributed by atoms with Crippen molar-refractivity contribution in [3.05, 3.63) is 59.9 Å². The molecule has 0 bridgehead atoms. The van der Waals surface area contributed by atoms with Crippen molar-refractivity contribution >= 4 is 32.5 Å². The Morgan fingerprint density at radius 1 is 0.951 bits per heavy atom. The van der Waals surface area contributed by atoms with Gasteiger partial charge in [-0.1, -0.05) is 36.4 Å². The van der Waals surface area contributed by atoms with Crippen LogP contribution in [-0.4, -0.2) is 48.2 Å². The van der Waals surface area contributed by atoms with E-state index in [0.717, 1.165) is 11.1 Å². The summed E-state index contributed by atoms with van der Waals surface area (Å²) in [6, 6.07) is 15.9. The summed E-state index contributed by atoms with van der Waals surface area (Å²) in [5, 5.41) is 23.3. The van der Waals surface area contributed by atoms with E-state index in [1.54, 1.807) is 36.4 Å². The van der Waals surface area contributed by atoms with Crippen LogP contribution in [0.25, 0.3) is 22.1 Å². The molecule has 11 heteroatoms. The van der Waals surface area contributed by atoms with Crippen LogP contribution in [0.15, 0.2) is 52.9 Å². The maximum absolute atomic E-state index is 14.0. The van der Waals surface area contributed by atoms with E-state index in [1.165, 1.54) is 6.07 Å². The standard InChI is InChI=1S/C30H28F2N2O6S/c31-30(32)11-9-28(10-12-30,25(35)15-27(16-33)7-8-27)34-26(36)24-14-21-2-1-20(13-23(21)40-24)19-3-5-22(6-4-19)29(37)17-41(38,39)18-29/h1-6,13-14,37H,7-12,15,17-18H2,(H,34,36). The van der Waals surface area contributed by atoms with Crippen molar-refractivity contribution in [1.82, 2.24) is 5.32 Å². The maximum atomic E-state index is 14.0. The number of carbonyl (C=O) groups excluding carboxylic acids is 2. The summed E-state index contributed by atoms with van der Waals surface area (Å²) in [4.78, 5) is 26.6. The third-order valence-electron chi connectivity index (χ3n) is 8.73. The number of hydrogen-bond donors (Lipinski definition) is 2. The zero-order valence-electron chi connectivity index (χ0n) is 22.1. The van der Waals surface area contributed by atoms with Gasteiger partial charge in [-0.15, -0.1) is 0 Å². The van der Waals surface area contributed by atoms with Gasteiger partial charge in [-0.25, -0.2) is 17.2 Å². The number of halogens is 2. The fourth-order valence-electron chi connectivity index (χ4n) is 5.90. The number of nitrogens with one attached hydrogen (secondary N) is 1. The smallest absolute Gasteiger partial charge is 0.287 e. The van der Waals surface area contributed by atoms with Crippen LogP contribution >= 0.6 is 0 Å². The van der Waals surface area contributed by atoms with E-state index in [9.17, 15) is 37.2 Å². The van der Waals surface area contributed by atoms with Crippen molar-refractivity contribution in [3.8, 4) is 17.2 Å². The number of nitrogens with zero attached hydrogens (tertiary/aromatic N) is 1. The second-order valence-electron chi connectivity index (χ2n) is 11.9. The molecule has 3 aliphatic rings. The number of alkyl halides is 2. The first-order valence-corrected chi connectivity index (χ1v) is 15.3. The molecule has 2 heterocycles. The Balaban J connectivity index is 1.22. The second-order valence-corrected chi connectivity index (χ2v) is 14.0. The van der Waals surface area contributed by atoms with Crippen LogP contribution in [0.5, 0.6) is 0 Å². The number of sulfone groups is 1. The van der Waals surface area contributed by atoms with Gasteiger partial charge >= 0.3 is 0 Å². The van der Waals surface area contributed by atoms with Crippen molar-refractivity contribution in [2.45, 2.75) is 62.0 Å². The number of benzene rings is 2. The van der Waals surface area contributed by atoms with Gasteiger partial charge in [0.05, 0.1) is 28.5 Å². The van der Waals surface area contributed by atoms with E-state index < -0.39 is 56.8 Å². The van der Waals surface area contributed by atoms with Gasteiger partial charge in [-0.3, -0.25) is 9.59 Å². The Morgan fingerprint density at radius 2 is 1.59 bits per heavy atom. The number of fused-ring (bicyclic) bond motifs is 1. The molecule has 214 valence electrons. The van der Waals surface area contributed by atoms with Crippen molar-refractivity contribution in [2.75, 3.05) is 11.5 Å². The zero-order valence-corrected chi connectivity index (χ0v) is 22.9. The molecule has 2 aliphatic carbocycles. The molecule has 2 N–H and O–H groups in total. The predicted octanol–water partition coefficient (Wildman–Crippen LogP) is 4.66. The summed E-state index contributed by atoms with van der Waals surface area (Å²) in [6.07, 6.45) is -0.423. The summed E-state index contributed by atoms with van der Waals surface area (Å²) in [7, 11) is -3.22. The number of furan rings is 1. The minimum atomic E-state index is -3.22. The number of amides is 1. The van der Waals surface area contributed by atoms with Crippen molar-refractivity contribution in [3.63, 3.8) is 0 Å². The molecule has 0 spiro atoms. The highest BCUT2D eigenvalue weighted by molar-refractivity contribution is 7.92. The normalized spacial score (nSPS) is 22.7. The topological polar surface area (TPSA) is 137 Å². The molecular weight excluding hydrogens is 554 g/mol. The van der Waals surface area contributed by atoms with Crippen molar-refractivity contribution in [2.24, 2.45) is 5.41 Å². The van der Waals surface area contributed by atoms with Crippen LogP contribution in [0.3, 0.4) is 0 Å². The fraction of sp³-hybridized carbons (Fsp3) is 0.433. The first kappa shape index (κ1) is 27.5. The average Bonchev–Trinajstić information content (AvgIpc) is 3.55. The van der Waals surface area contributed by atoms with Gasteiger partial charge < -0.3 is 14.8 Å². The number of hydrogen-bond acceptors (Lipinski definition) is 7. The highest BCUT2D eigenvalue weighted by atomic mass is 32.2. The number of ketones is 1. The van der Waals surface area contributed by atoms with Gasteiger partial charge in [0.1, 0.15) is 11.2 Å². The minimum Gasteiger partial charge on any atom is -0.451 e. The lowest BCUT2D eigenvalue weighted by Gasteiger charge is -2.39. The Morgan fingerprint density at radius 3 is 2.17 bits per heavy atom. The molecule has 2 saturated carbocycles. The highest BCUT2D eigenvalue weighted by Crippen LogP contribution is 2.50. The fourth-order valence-corrected chi connectivity index (χ4v) is 7.60. The molecule has 3 aromatic rings. The Bertz CT molecular complexity index is 1700. The van der Waals surface area contributed by atoms with E-state index in [-0.39, 0.29) is 36.5 Å². The predicted molar refractivity (Wildman–Crippen MR) is 145 cm³/mol. The lowest BCUT2D eigenvalue weighted by Crippen LogP contribution is -2.58. The van der Waals surface area contributed by atoms with E-state index in [1.807, 2.05) is 6.07 Å². The Kier molecular flexibility index (Phi) is 6.18. The number of carbonyl (C=O) groups is 2. The molecule has 1 amide bonds. The molecule has 1 saturated heterocycles. The first-order valence-electron chi connectivity index (χ1n) is 13.5. The summed E-state index contributed by atoms with van der Waals surface area (Å²) in [5.74, 6) is -4.68. The molecule has 3 fully saturated rings. The summed E-state index contributed by atoms with van der Waals surface area (Å²) in [6.45, 7) is 0. The summed E-state index contributed by atoms with van der Waals surface area (Å²) in [5.41, 5.74) is -1.19. The molecule has 0 unspecified atom stereocenters. The number of Topliss-reactive ketones (excluding diaryl/α,β-unsaturated/α-hetero) is 1. The van der Waals surface area contributed by atoms with Crippen LogP contribution in [-0.2, 0) is 20.2 Å². The van der Waals surface area contributed by atoms with Gasteiger partial charge in [-0.05, 0) is 54.5 Å². The second kappa shape index (κ2) is 9.19. The van der Waals surface area contributed by atoms with Gasteiger partial charge in [0.2, 0.25) is 5.92 Å². The van der Waals surface area contributed by atoms with Gasteiger partial charge in [0.15, 0.2) is 21.4 Å². The Hall–Kier alpha value is -3.62.